The Balaban J connectivity index is 1.89. The van der Waals surface area contributed by atoms with E-state index in [2.05, 4.69) is 22.5 Å². The molecule has 100 valence electrons. The summed E-state index contributed by atoms with van der Waals surface area (Å²) < 4.78 is 5.41. The largest absolute Gasteiger partial charge is 0.366 e. The van der Waals surface area contributed by atoms with Gasteiger partial charge in [-0.15, -0.1) is 11.3 Å². The third-order valence-corrected chi connectivity index (χ3v) is 4.19. The summed E-state index contributed by atoms with van der Waals surface area (Å²) in [7, 11) is 0. The van der Waals surface area contributed by atoms with Gasteiger partial charge in [0.1, 0.15) is 11.1 Å². The first-order chi connectivity index (χ1) is 8.70. The molecule has 0 aromatic carbocycles. The predicted octanol–water partition coefficient (Wildman–Crippen LogP) is 0.871. The summed E-state index contributed by atoms with van der Waals surface area (Å²) in [6.07, 6.45) is 2.47. The Morgan fingerprint density at radius 1 is 1.78 bits per heavy atom. The molecule has 1 fully saturated rings. The van der Waals surface area contributed by atoms with E-state index in [4.69, 9.17) is 4.74 Å². The van der Waals surface area contributed by atoms with Crippen molar-refractivity contribution in [1.82, 2.24) is 15.6 Å². The summed E-state index contributed by atoms with van der Waals surface area (Å²) in [5.74, 6) is -0.0667. The van der Waals surface area contributed by atoms with E-state index >= 15 is 0 Å². The molecule has 0 saturated carbocycles. The van der Waals surface area contributed by atoms with Crippen LogP contribution in [-0.4, -0.2) is 36.7 Å². The number of carbonyl (C=O) groups excluding carboxylic acids is 1. The van der Waals surface area contributed by atoms with Gasteiger partial charge < -0.3 is 15.4 Å². The van der Waals surface area contributed by atoms with Gasteiger partial charge in [0.05, 0.1) is 12.6 Å². The molecule has 2 N–H and O–H groups in total. The first kappa shape index (κ1) is 13.5. The van der Waals surface area contributed by atoms with Crippen LogP contribution in [0.25, 0.3) is 0 Å². The van der Waals surface area contributed by atoms with Crippen LogP contribution in [0.5, 0.6) is 0 Å². The Labute approximate surface area is 111 Å². The number of hydrogen-bond donors (Lipinski definition) is 2. The molecule has 0 aliphatic carbocycles. The zero-order valence-electron chi connectivity index (χ0n) is 10.7. The molecule has 2 atom stereocenters. The highest BCUT2D eigenvalue weighted by Gasteiger charge is 2.23. The van der Waals surface area contributed by atoms with Crippen molar-refractivity contribution in [3.8, 4) is 0 Å². The minimum atomic E-state index is -0.383. The van der Waals surface area contributed by atoms with Gasteiger partial charge in [0.2, 0.25) is 0 Å². The van der Waals surface area contributed by atoms with E-state index in [0.29, 0.717) is 13.2 Å². The average molecular weight is 269 g/mol. The van der Waals surface area contributed by atoms with Crippen LogP contribution in [0.2, 0.25) is 0 Å². The zero-order chi connectivity index (χ0) is 13.0. The number of morpholine rings is 1. The van der Waals surface area contributed by atoms with Crippen molar-refractivity contribution in [1.29, 1.82) is 0 Å². The molecular formula is C12H19N3O2S. The monoisotopic (exact) mass is 269 g/mol. The van der Waals surface area contributed by atoms with E-state index in [9.17, 15) is 4.79 Å². The van der Waals surface area contributed by atoms with Gasteiger partial charge in [-0.2, -0.15) is 0 Å². The van der Waals surface area contributed by atoms with Gasteiger partial charge in [-0.05, 0) is 13.3 Å². The van der Waals surface area contributed by atoms with Crippen molar-refractivity contribution >= 4 is 17.2 Å². The van der Waals surface area contributed by atoms with Crippen molar-refractivity contribution in [3.05, 3.63) is 16.1 Å². The molecule has 0 radical (unpaired) electrons. The Hall–Kier alpha value is -0.980. The quantitative estimate of drug-likeness (QED) is 0.851. The van der Waals surface area contributed by atoms with Gasteiger partial charge in [0.15, 0.2) is 0 Å². The van der Waals surface area contributed by atoms with Crippen molar-refractivity contribution in [2.45, 2.75) is 32.4 Å². The lowest BCUT2D eigenvalue weighted by molar-refractivity contribution is -0.134. The standard InChI is InChI=1S/C12H19N3O2S/c1-3-9-6-14-12(18-9)8(2)15-11(16)10-7-13-4-5-17-10/h6,8,10,13H,3-5,7H2,1-2H3,(H,15,16). The second kappa shape index (κ2) is 6.26. The summed E-state index contributed by atoms with van der Waals surface area (Å²) >= 11 is 1.65. The molecule has 6 heteroatoms. The zero-order valence-corrected chi connectivity index (χ0v) is 11.5. The summed E-state index contributed by atoms with van der Waals surface area (Å²) in [5.41, 5.74) is 0. The first-order valence-corrected chi connectivity index (χ1v) is 7.09. The number of carbonyl (C=O) groups is 1. The molecule has 2 unspecified atom stereocenters. The Morgan fingerprint density at radius 2 is 2.61 bits per heavy atom. The first-order valence-electron chi connectivity index (χ1n) is 6.28. The van der Waals surface area contributed by atoms with Crippen LogP contribution in [0, 0.1) is 0 Å². The topological polar surface area (TPSA) is 63.2 Å². The van der Waals surface area contributed by atoms with Crippen LogP contribution in [-0.2, 0) is 16.0 Å². The molecule has 5 nitrogen and oxygen atoms in total. The lowest BCUT2D eigenvalue weighted by Gasteiger charge is -2.24. The molecule has 1 aliphatic rings. The number of thiazole rings is 1. The second-order valence-electron chi connectivity index (χ2n) is 4.31. The number of nitrogens with one attached hydrogen (secondary N) is 2. The van der Waals surface area contributed by atoms with E-state index in [1.165, 1.54) is 4.88 Å². The van der Waals surface area contributed by atoms with Crippen LogP contribution in [0.4, 0.5) is 0 Å². The van der Waals surface area contributed by atoms with E-state index in [1.54, 1.807) is 11.3 Å². The highest BCUT2D eigenvalue weighted by Crippen LogP contribution is 2.20. The Kier molecular flexibility index (Phi) is 4.68. The molecule has 1 aliphatic heterocycles. The number of aryl methyl sites for hydroxylation is 1. The molecule has 2 rings (SSSR count). The maximum Gasteiger partial charge on any atom is 0.251 e. The third kappa shape index (κ3) is 3.28. The van der Waals surface area contributed by atoms with Crippen molar-refractivity contribution < 1.29 is 9.53 Å². The van der Waals surface area contributed by atoms with Crippen LogP contribution in [0.15, 0.2) is 6.20 Å². The molecular weight excluding hydrogens is 250 g/mol. The Morgan fingerprint density at radius 3 is 3.22 bits per heavy atom. The van der Waals surface area contributed by atoms with E-state index in [1.807, 2.05) is 13.1 Å². The molecule has 1 saturated heterocycles. The fourth-order valence-electron chi connectivity index (χ4n) is 1.79. The summed E-state index contributed by atoms with van der Waals surface area (Å²) in [6.45, 7) is 6.03. The third-order valence-electron chi connectivity index (χ3n) is 2.87. The molecule has 0 bridgehead atoms. The van der Waals surface area contributed by atoms with Crippen LogP contribution in [0.1, 0.15) is 29.8 Å². The van der Waals surface area contributed by atoms with E-state index in [0.717, 1.165) is 18.0 Å². The van der Waals surface area contributed by atoms with Gasteiger partial charge in [-0.1, -0.05) is 6.92 Å². The van der Waals surface area contributed by atoms with Gasteiger partial charge in [0, 0.05) is 24.2 Å². The van der Waals surface area contributed by atoms with Gasteiger partial charge in [-0.3, -0.25) is 4.79 Å². The number of rotatable bonds is 4. The number of amides is 1. The highest BCUT2D eigenvalue weighted by molar-refractivity contribution is 7.11. The fraction of sp³-hybridized carbons (Fsp3) is 0.667. The van der Waals surface area contributed by atoms with Gasteiger partial charge >= 0.3 is 0 Å². The minimum absolute atomic E-state index is 0.0617. The molecule has 1 amide bonds. The summed E-state index contributed by atoms with van der Waals surface area (Å²) in [4.78, 5) is 17.5. The summed E-state index contributed by atoms with van der Waals surface area (Å²) in [5, 5.41) is 7.04. The second-order valence-corrected chi connectivity index (χ2v) is 5.46. The lowest BCUT2D eigenvalue weighted by Crippen LogP contribution is -2.48. The molecule has 18 heavy (non-hydrogen) atoms. The maximum absolute atomic E-state index is 12.0. The van der Waals surface area contributed by atoms with Crippen LogP contribution < -0.4 is 10.6 Å². The molecule has 1 aromatic heterocycles. The van der Waals surface area contributed by atoms with Crippen molar-refractivity contribution in [2.24, 2.45) is 0 Å². The highest BCUT2D eigenvalue weighted by atomic mass is 32.1. The van der Waals surface area contributed by atoms with E-state index in [-0.39, 0.29) is 18.1 Å². The van der Waals surface area contributed by atoms with Crippen LogP contribution >= 0.6 is 11.3 Å². The van der Waals surface area contributed by atoms with Gasteiger partial charge in [0.25, 0.3) is 5.91 Å². The smallest absolute Gasteiger partial charge is 0.251 e. The number of ether oxygens (including phenoxy) is 1. The number of aromatic nitrogens is 1. The van der Waals surface area contributed by atoms with Crippen LogP contribution in [0.3, 0.4) is 0 Å². The number of hydrogen-bond acceptors (Lipinski definition) is 5. The molecule has 2 heterocycles. The van der Waals surface area contributed by atoms with E-state index < -0.39 is 0 Å². The lowest BCUT2D eigenvalue weighted by atomic mass is 10.2. The van der Waals surface area contributed by atoms with Crippen molar-refractivity contribution in [2.75, 3.05) is 19.7 Å². The molecule has 1 aromatic rings. The van der Waals surface area contributed by atoms with Crippen molar-refractivity contribution in [3.63, 3.8) is 0 Å². The van der Waals surface area contributed by atoms with Gasteiger partial charge in [-0.25, -0.2) is 4.98 Å². The normalized spacial score (nSPS) is 21.6. The summed E-state index contributed by atoms with van der Waals surface area (Å²) in [6, 6.07) is -0.0617. The maximum atomic E-state index is 12.0. The predicted molar refractivity (Wildman–Crippen MR) is 70.7 cm³/mol. The molecule has 0 spiro atoms. The fourth-order valence-corrected chi connectivity index (χ4v) is 2.65. The average Bonchev–Trinajstić information content (AvgIpc) is 2.88. The SMILES string of the molecule is CCc1cnc(C(C)NC(=O)C2CNCCO2)s1. The minimum Gasteiger partial charge on any atom is -0.366 e. The Bertz CT molecular complexity index is 402. The number of nitrogens with zero attached hydrogens (tertiary/aromatic N) is 1.